The summed E-state index contributed by atoms with van der Waals surface area (Å²) in [7, 11) is 0. The van der Waals surface area contributed by atoms with Crippen molar-refractivity contribution in [2.45, 2.75) is 52.6 Å². The van der Waals surface area contributed by atoms with Crippen molar-refractivity contribution in [2.24, 2.45) is 5.41 Å². The number of nitrogens with one attached hydrogen (secondary N) is 1. The Bertz CT molecular complexity index is 563. The van der Waals surface area contributed by atoms with Crippen LogP contribution in [0.1, 0.15) is 45.6 Å². The molecule has 23 heavy (non-hydrogen) atoms. The molecule has 2 amide bonds. The lowest BCUT2D eigenvalue weighted by molar-refractivity contribution is -0.138. The average molecular weight is 337 g/mol. The Morgan fingerprint density at radius 3 is 2.52 bits per heavy atom. The van der Waals surface area contributed by atoms with Crippen LogP contribution in [0.15, 0.2) is 24.3 Å². The van der Waals surface area contributed by atoms with Crippen LogP contribution < -0.4 is 5.32 Å². The van der Waals surface area contributed by atoms with Gasteiger partial charge in [0.25, 0.3) is 0 Å². The molecule has 1 heterocycles. The fourth-order valence-corrected chi connectivity index (χ4v) is 2.71. The first kappa shape index (κ1) is 17.8. The van der Waals surface area contributed by atoms with Gasteiger partial charge in [-0.05, 0) is 37.0 Å². The number of likely N-dealkylation sites (tertiary alicyclic amines) is 1. The van der Waals surface area contributed by atoms with Crippen LogP contribution in [0.5, 0.6) is 0 Å². The number of benzene rings is 1. The van der Waals surface area contributed by atoms with Gasteiger partial charge in [0.15, 0.2) is 0 Å². The highest BCUT2D eigenvalue weighted by Crippen LogP contribution is 2.19. The summed E-state index contributed by atoms with van der Waals surface area (Å²) in [6, 6.07) is 7.11. The summed E-state index contributed by atoms with van der Waals surface area (Å²) >= 11 is 5.90. The molecule has 1 aromatic rings. The van der Waals surface area contributed by atoms with Crippen molar-refractivity contribution >= 4 is 23.4 Å². The van der Waals surface area contributed by atoms with E-state index in [2.05, 4.69) is 5.32 Å². The number of rotatable bonds is 3. The van der Waals surface area contributed by atoms with Gasteiger partial charge in [0.1, 0.15) is 6.04 Å². The van der Waals surface area contributed by atoms with Gasteiger partial charge in [-0.25, -0.2) is 0 Å². The van der Waals surface area contributed by atoms with Crippen molar-refractivity contribution in [1.29, 1.82) is 0 Å². The molecule has 1 fully saturated rings. The van der Waals surface area contributed by atoms with Crippen LogP contribution in [0.4, 0.5) is 0 Å². The quantitative estimate of drug-likeness (QED) is 0.919. The van der Waals surface area contributed by atoms with Crippen molar-refractivity contribution in [3.63, 3.8) is 0 Å². The third-order valence-electron chi connectivity index (χ3n) is 4.05. The zero-order valence-electron chi connectivity index (χ0n) is 14.1. The van der Waals surface area contributed by atoms with E-state index in [0.717, 1.165) is 24.9 Å². The molecule has 0 spiro atoms. The molecule has 0 radical (unpaired) electrons. The van der Waals surface area contributed by atoms with Gasteiger partial charge in [-0.3, -0.25) is 9.59 Å². The van der Waals surface area contributed by atoms with Gasteiger partial charge >= 0.3 is 0 Å². The SMILES string of the molecule is CC(C)(C)C(=O)NC1CCCCN(Cc2ccc(Cl)cc2)C1=O. The molecule has 0 aromatic heterocycles. The number of halogens is 1. The summed E-state index contributed by atoms with van der Waals surface area (Å²) in [6.07, 6.45) is 2.61. The third-order valence-corrected chi connectivity index (χ3v) is 4.31. The Morgan fingerprint density at radius 1 is 1.26 bits per heavy atom. The van der Waals surface area contributed by atoms with Crippen molar-refractivity contribution in [3.8, 4) is 0 Å². The zero-order chi connectivity index (χ0) is 17.0. The topological polar surface area (TPSA) is 49.4 Å². The number of carbonyl (C=O) groups excluding carboxylic acids is 2. The normalized spacial score (nSPS) is 19.4. The van der Waals surface area contributed by atoms with E-state index in [0.29, 0.717) is 18.0 Å². The maximum atomic E-state index is 12.8. The second kappa shape index (κ2) is 7.35. The van der Waals surface area contributed by atoms with E-state index in [-0.39, 0.29) is 11.8 Å². The molecule has 5 heteroatoms. The second-order valence-corrected chi connectivity index (χ2v) is 7.59. The van der Waals surface area contributed by atoms with Gasteiger partial charge < -0.3 is 10.2 Å². The Morgan fingerprint density at radius 2 is 1.91 bits per heavy atom. The molecule has 2 rings (SSSR count). The third kappa shape index (κ3) is 4.96. The van der Waals surface area contributed by atoms with Crippen LogP contribution in [-0.2, 0) is 16.1 Å². The molecular weight excluding hydrogens is 312 g/mol. The lowest BCUT2D eigenvalue weighted by Crippen LogP contribution is -2.50. The Balaban J connectivity index is 2.06. The predicted molar refractivity (Wildman–Crippen MR) is 92.1 cm³/mol. The molecular formula is C18H25ClN2O2. The maximum Gasteiger partial charge on any atom is 0.245 e. The van der Waals surface area contributed by atoms with Crippen LogP contribution in [0.25, 0.3) is 0 Å². The van der Waals surface area contributed by atoms with Gasteiger partial charge in [-0.2, -0.15) is 0 Å². The van der Waals surface area contributed by atoms with Crippen molar-refractivity contribution in [3.05, 3.63) is 34.9 Å². The van der Waals surface area contributed by atoms with E-state index in [1.807, 2.05) is 49.9 Å². The van der Waals surface area contributed by atoms with Crippen LogP contribution in [0.3, 0.4) is 0 Å². The molecule has 1 unspecified atom stereocenters. The van der Waals surface area contributed by atoms with Gasteiger partial charge in [-0.15, -0.1) is 0 Å². The van der Waals surface area contributed by atoms with E-state index in [1.165, 1.54) is 0 Å². The second-order valence-electron chi connectivity index (χ2n) is 7.16. The van der Waals surface area contributed by atoms with Crippen molar-refractivity contribution in [1.82, 2.24) is 10.2 Å². The minimum Gasteiger partial charge on any atom is -0.344 e. The predicted octanol–water partition coefficient (Wildman–Crippen LogP) is 3.38. The molecule has 1 N–H and O–H groups in total. The van der Waals surface area contributed by atoms with E-state index < -0.39 is 11.5 Å². The largest absolute Gasteiger partial charge is 0.344 e. The number of nitrogens with zero attached hydrogens (tertiary/aromatic N) is 1. The standard InChI is InChI=1S/C18H25ClN2O2/c1-18(2,3)17(23)20-15-6-4-5-11-21(16(15)22)12-13-7-9-14(19)10-8-13/h7-10,15H,4-6,11-12H2,1-3H3,(H,20,23). The Hall–Kier alpha value is -1.55. The molecule has 0 saturated carbocycles. The lowest BCUT2D eigenvalue weighted by Gasteiger charge is -2.27. The Kier molecular flexibility index (Phi) is 5.69. The first-order valence-electron chi connectivity index (χ1n) is 8.11. The molecule has 4 nitrogen and oxygen atoms in total. The number of amides is 2. The van der Waals surface area contributed by atoms with Crippen molar-refractivity contribution in [2.75, 3.05) is 6.54 Å². The molecule has 1 atom stereocenters. The average Bonchev–Trinajstić information content (AvgIpc) is 2.64. The van der Waals surface area contributed by atoms with Crippen LogP contribution in [0, 0.1) is 5.41 Å². The lowest BCUT2D eigenvalue weighted by atomic mass is 9.95. The minimum atomic E-state index is -0.492. The molecule has 0 aliphatic carbocycles. The monoisotopic (exact) mass is 336 g/mol. The summed E-state index contributed by atoms with van der Waals surface area (Å²) in [5.74, 6) is -0.0701. The van der Waals surface area contributed by atoms with E-state index in [4.69, 9.17) is 11.6 Å². The van der Waals surface area contributed by atoms with Crippen LogP contribution in [-0.4, -0.2) is 29.3 Å². The summed E-state index contributed by atoms with van der Waals surface area (Å²) in [4.78, 5) is 26.8. The minimum absolute atomic E-state index is 0.00931. The van der Waals surface area contributed by atoms with Gasteiger partial charge in [-0.1, -0.05) is 44.5 Å². The highest BCUT2D eigenvalue weighted by molar-refractivity contribution is 6.30. The molecule has 1 aromatic carbocycles. The van der Waals surface area contributed by atoms with Gasteiger partial charge in [0, 0.05) is 23.5 Å². The number of carbonyl (C=O) groups is 2. The maximum absolute atomic E-state index is 12.8. The Labute approximate surface area is 143 Å². The molecule has 1 saturated heterocycles. The van der Waals surface area contributed by atoms with E-state index in [1.54, 1.807) is 0 Å². The number of hydrogen-bond donors (Lipinski definition) is 1. The first-order chi connectivity index (χ1) is 10.8. The smallest absolute Gasteiger partial charge is 0.245 e. The molecule has 1 aliphatic heterocycles. The molecule has 0 bridgehead atoms. The summed E-state index contributed by atoms with van der Waals surface area (Å²) in [5, 5.41) is 3.61. The summed E-state index contributed by atoms with van der Waals surface area (Å²) in [6.45, 7) is 6.85. The summed E-state index contributed by atoms with van der Waals surface area (Å²) < 4.78 is 0. The van der Waals surface area contributed by atoms with E-state index >= 15 is 0 Å². The fraction of sp³-hybridized carbons (Fsp3) is 0.556. The van der Waals surface area contributed by atoms with E-state index in [9.17, 15) is 9.59 Å². The van der Waals surface area contributed by atoms with Crippen molar-refractivity contribution < 1.29 is 9.59 Å². The molecule has 1 aliphatic rings. The van der Waals surface area contributed by atoms with Crippen LogP contribution in [0.2, 0.25) is 5.02 Å². The first-order valence-corrected chi connectivity index (χ1v) is 8.49. The van der Waals surface area contributed by atoms with Gasteiger partial charge in [0.05, 0.1) is 0 Å². The van der Waals surface area contributed by atoms with Crippen LogP contribution >= 0.6 is 11.6 Å². The van der Waals surface area contributed by atoms with Gasteiger partial charge in [0.2, 0.25) is 11.8 Å². The summed E-state index contributed by atoms with van der Waals surface area (Å²) in [5.41, 5.74) is 0.554. The number of hydrogen-bond acceptors (Lipinski definition) is 2. The molecule has 126 valence electrons. The zero-order valence-corrected chi connectivity index (χ0v) is 14.8. The highest BCUT2D eigenvalue weighted by atomic mass is 35.5. The highest BCUT2D eigenvalue weighted by Gasteiger charge is 2.31. The fourth-order valence-electron chi connectivity index (χ4n) is 2.58.